The van der Waals surface area contributed by atoms with Gasteiger partial charge in [0.05, 0.1) is 0 Å². The number of benzene rings is 2. The molecule has 92 valence electrons. The summed E-state index contributed by atoms with van der Waals surface area (Å²) in [6, 6.07) is 19.5. The standard InChI is InChI=1S/C17H19N/c18-13-12-17(10-11-17)16-9-5-4-8-15(16)14-6-2-1-3-7-14/h1-9H,10-13,18H2. The Hall–Kier alpha value is -1.60. The third kappa shape index (κ3) is 1.95. The molecule has 1 nitrogen and oxygen atoms in total. The highest BCUT2D eigenvalue weighted by molar-refractivity contribution is 5.69. The van der Waals surface area contributed by atoms with Crippen LogP contribution in [0.25, 0.3) is 11.1 Å². The molecular weight excluding hydrogens is 218 g/mol. The van der Waals surface area contributed by atoms with Gasteiger partial charge in [0.1, 0.15) is 0 Å². The quantitative estimate of drug-likeness (QED) is 0.861. The summed E-state index contributed by atoms with van der Waals surface area (Å²) < 4.78 is 0. The minimum atomic E-state index is 0.362. The Kier molecular flexibility index (Phi) is 2.92. The van der Waals surface area contributed by atoms with Crippen LogP contribution in [0.5, 0.6) is 0 Å². The van der Waals surface area contributed by atoms with E-state index >= 15 is 0 Å². The van der Waals surface area contributed by atoms with Crippen molar-refractivity contribution in [2.45, 2.75) is 24.7 Å². The molecule has 1 saturated carbocycles. The molecule has 3 rings (SSSR count). The van der Waals surface area contributed by atoms with Crippen LogP contribution in [-0.4, -0.2) is 6.54 Å². The van der Waals surface area contributed by atoms with Crippen LogP contribution in [0.4, 0.5) is 0 Å². The first-order valence-electron chi connectivity index (χ1n) is 6.71. The fraction of sp³-hybridized carbons (Fsp3) is 0.294. The zero-order chi connectivity index (χ0) is 12.4. The van der Waals surface area contributed by atoms with Crippen LogP contribution in [0, 0.1) is 0 Å². The van der Waals surface area contributed by atoms with Crippen molar-refractivity contribution in [3.05, 3.63) is 60.2 Å². The molecule has 2 N–H and O–H groups in total. The van der Waals surface area contributed by atoms with Gasteiger partial charge < -0.3 is 5.73 Å². The molecule has 1 aliphatic rings. The molecule has 1 heteroatoms. The summed E-state index contributed by atoms with van der Waals surface area (Å²) in [5.41, 5.74) is 10.3. The molecule has 0 unspecified atom stereocenters. The van der Waals surface area contributed by atoms with Crippen LogP contribution in [0.2, 0.25) is 0 Å². The van der Waals surface area contributed by atoms with E-state index in [2.05, 4.69) is 54.6 Å². The van der Waals surface area contributed by atoms with Gasteiger partial charge in [0.15, 0.2) is 0 Å². The maximum absolute atomic E-state index is 5.78. The molecule has 0 saturated heterocycles. The van der Waals surface area contributed by atoms with Crippen molar-refractivity contribution in [1.82, 2.24) is 0 Å². The Balaban J connectivity index is 2.06. The summed E-state index contributed by atoms with van der Waals surface area (Å²) >= 11 is 0. The van der Waals surface area contributed by atoms with Crippen LogP contribution < -0.4 is 5.73 Å². The molecule has 0 aliphatic heterocycles. The Morgan fingerprint density at radius 3 is 2.22 bits per heavy atom. The Labute approximate surface area is 109 Å². The molecule has 18 heavy (non-hydrogen) atoms. The Morgan fingerprint density at radius 2 is 1.56 bits per heavy atom. The SMILES string of the molecule is NCCC1(c2ccccc2-c2ccccc2)CC1. The van der Waals surface area contributed by atoms with Gasteiger partial charge in [-0.1, -0.05) is 54.6 Å². The number of hydrogen-bond acceptors (Lipinski definition) is 1. The first kappa shape index (κ1) is 11.5. The average Bonchev–Trinajstić information content (AvgIpc) is 3.21. The molecular formula is C17H19N. The van der Waals surface area contributed by atoms with Crippen LogP contribution >= 0.6 is 0 Å². The highest BCUT2D eigenvalue weighted by atomic mass is 14.6. The lowest BCUT2D eigenvalue weighted by molar-refractivity contribution is 0.630. The monoisotopic (exact) mass is 237 g/mol. The van der Waals surface area contributed by atoms with Crippen LogP contribution in [0.3, 0.4) is 0 Å². The maximum atomic E-state index is 5.78. The third-order valence-electron chi connectivity index (χ3n) is 4.06. The summed E-state index contributed by atoms with van der Waals surface area (Å²) in [4.78, 5) is 0. The summed E-state index contributed by atoms with van der Waals surface area (Å²) in [6.07, 6.45) is 3.68. The normalized spacial score (nSPS) is 16.5. The number of rotatable bonds is 4. The zero-order valence-corrected chi connectivity index (χ0v) is 10.6. The predicted octanol–water partition coefficient (Wildman–Crippen LogP) is 3.73. The van der Waals surface area contributed by atoms with E-state index in [1.165, 1.54) is 29.5 Å². The van der Waals surface area contributed by atoms with E-state index in [9.17, 15) is 0 Å². The van der Waals surface area contributed by atoms with Crippen molar-refractivity contribution in [3.8, 4) is 11.1 Å². The van der Waals surface area contributed by atoms with Crippen molar-refractivity contribution < 1.29 is 0 Å². The van der Waals surface area contributed by atoms with Crippen LogP contribution in [-0.2, 0) is 5.41 Å². The molecule has 0 amide bonds. The Morgan fingerprint density at radius 1 is 0.889 bits per heavy atom. The second-order valence-electron chi connectivity index (χ2n) is 5.23. The minimum absolute atomic E-state index is 0.362. The van der Waals surface area contributed by atoms with Crippen molar-refractivity contribution in [3.63, 3.8) is 0 Å². The number of nitrogens with two attached hydrogens (primary N) is 1. The highest BCUT2D eigenvalue weighted by Gasteiger charge is 2.44. The van der Waals surface area contributed by atoms with Gasteiger partial charge in [-0.25, -0.2) is 0 Å². The molecule has 2 aromatic rings. The molecule has 0 bridgehead atoms. The topological polar surface area (TPSA) is 26.0 Å². The van der Waals surface area contributed by atoms with Crippen LogP contribution in [0.1, 0.15) is 24.8 Å². The van der Waals surface area contributed by atoms with Crippen molar-refractivity contribution in [1.29, 1.82) is 0 Å². The fourth-order valence-electron chi connectivity index (χ4n) is 2.90. The van der Waals surface area contributed by atoms with E-state index in [1.54, 1.807) is 0 Å². The number of hydrogen-bond donors (Lipinski definition) is 1. The smallest absolute Gasteiger partial charge is 0.00282 e. The van der Waals surface area contributed by atoms with Crippen molar-refractivity contribution in [2.75, 3.05) is 6.54 Å². The van der Waals surface area contributed by atoms with Gasteiger partial charge >= 0.3 is 0 Å². The fourth-order valence-corrected chi connectivity index (χ4v) is 2.90. The summed E-state index contributed by atoms with van der Waals surface area (Å²) in [6.45, 7) is 0.781. The van der Waals surface area contributed by atoms with Gasteiger partial charge in [0.2, 0.25) is 0 Å². The molecule has 0 aromatic heterocycles. The van der Waals surface area contributed by atoms with E-state index in [0.29, 0.717) is 5.41 Å². The summed E-state index contributed by atoms with van der Waals surface area (Å²) in [5, 5.41) is 0. The molecule has 0 radical (unpaired) electrons. The average molecular weight is 237 g/mol. The lowest BCUT2D eigenvalue weighted by atomic mass is 9.86. The minimum Gasteiger partial charge on any atom is -0.330 e. The largest absolute Gasteiger partial charge is 0.330 e. The first-order chi connectivity index (χ1) is 8.86. The molecule has 1 fully saturated rings. The van der Waals surface area contributed by atoms with Gasteiger partial charge in [0, 0.05) is 0 Å². The van der Waals surface area contributed by atoms with Crippen LogP contribution in [0.15, 0.2) is 54.6 Å². The van der Waals surface area contributed by atoms with Gasteiger partial charge in [-0.15, -0.1) is 0 Å². The summed E-state index contributed by atoms with van der Waals surface area (Å²) in [7, 11) is 0. The predicted molar refractivity (Wildman–Crippen MR) is 76.5 cm³/mol. The van der Waals surface area contributed by atoms with Gasteiger partial charge in [-0.3, -0.25) is 0 Å². The summed E-state index contributed by atoms with van der Waals surface area (Å²) in [5.74, 6) is 0. The van der Waals surface area contributed by atoms with Gasteiger partial charge in [-0.2, -0.15) is 0 Å². The van der Waals surface area contributed by atoms with Crippen molar-refractivity contribution in [2.24, 2.45) is 5.73 Å². The Bertz CT molecular complexity index is 526. The van der Waals surface area contributed by atoms with Gasteiger partial charge in [0.25, 0.3) is 0 Å². The molecule has 0 spiro atoms. The first-order valence-corrected chi connectivity index (χ1v) is 6.71. The highest BCUT2D eigenvalue weighted by Crippen LogP contribution is 2.53. The lowest BCUT2D eigenvalue weighted by Crippen LogP contribution is -2.14. The van der Waals surface area contributed by atoms with Crippen molar-refractivity contribution >= 4 is 0 Å². The molecule has 0 heterocycles. The third-order valence-corrected chi connectivity index (χ3v) is 4.06. The zero-order valence-electron chi connectivity index (χ0n) is 10.6. The van der Waals surface area contributed by atoms with E-state index in [1.807, 2.05) is 0 Å². The maximum Gasteiger partial charge on any atom is -0.00282 e. The van der Waals surface area contributed by atoms with E-state index in [-0.39, 0.29) is 0 Å². The van der Waals surface area contributed by atoms with Gasteiger partial charge in [-0.05, 0) is 47.9 Å². The molecule has 1 aliphatic carbocycles. The lowest BCUT2D eigenvalue weighted by Gasteiger charge is -2.19. The second kappa shape index (κ2) is 4.58. The van der Waals surface area contributed by atoms with E-state index < -0.39 is 0 Å². The molecule has 2 aromatic carbocycles. The van der Waals surface area contributed by atoms with E-state index in [4.69, 9.17) is 5.73 Å². The van der Waals surface area contributed by atoms with E-state index in [0.717, 1.165) is 13.0 Å². The molecule has 0 atom stereocenters. The second-order valence-corrected chi connectivity index (χ2v) is 5.23.